The molecule has 0 fully saturated rings. The number of nitrogens with zero attached hydrogens (tertiary/aromatic N) is 5. The Balaban J connectivity index is 1.49. The summed E-state index contributed by atoms with van der Waals surface area (Å²) in [6.45, 7) is -0.430. The fourth-order valence-corrected chi connectivity index (χ4v) is 5.66. The third-order valence-electron chi connectivity index (χ3n) is 7.32. The van der Waals surface area contributed by atoms with Crippen LogP contribution in [0.3, 0.4) is 0 Å². The molecule has 6 nitrogen and oxygen atoms in total. The van der Waals surface area contributed by atoms with Gasteiger partial charge in [-0.2, -0.15) is 18.9 Å². The molecule has 2 aliphatic rings. The monoisotopic (exact) mass is 533 g/mol. The number of para-hydroxylation sites is 4. The van der Waals surface area contributed by atoms with Crippen LogP contribution in [0.1, 0.15) is 28.4 Å². The van der Waals surface area contributed by atoms with Crippen molar-refractivity contribution in [3.05, 3.63) is 132 Å². The van der Waals surface area contributed by atoms with Crippen LogP contribution in [0, 0.1) is 6.92 Å². The normalized spacial score (nSPS) is 15.5. The second kappa shape index (κ2) is 9.64. The van der Waals surface area contributed by atoms with Gasteiger partial charge in [0.2, 0.25) is 5.96 Å². The Bertz CT molecular complexity index is 1720. The molecule has 7 rings (SSSR count). The summed E-state index contributed by atoms with van der Waals surface area (Å²) in [7, 11) is 0. The Morgan fingerprint density at radius 3 is 2.20 bits per heavy atom. The predicted molar refractivity (Wildman–Crippen MR) is 152 cm³/mol. The van der Waals surface area contributed by atoms with Gasteiger partial charge in [-0.3, -0.25) is 4.90 Å². The fourth-order valence-electron chi connectivity index (χ4n) is 5.66. The molecule has 40 heavy (non-hydrogen) atoms. The third kappa shape index (κ3) is 3.91. The summed E-state index contributed by atoms with van der Waals surface area (Å²) >= 11 is 0. The average Bonchev–Trinajstić information content (AvgIpc) is 3.48. The van der Waals surface area contributed by atoms with E-state index < -0.39 is 12.7 Å². The summed E-state index contributed by atoms with van der Waals surface area (Å²) in [5, 5.41) is 4.90. The first-order valence-electron chi connectivity index (χ1n) is 13.1. The molecule has 0 saturated carbocycles. The van der Waals surface area contributed by atoms with E-state index in [9.17, 15) is 8.78 Å². The van der Waals surface area contributed by atoms with Gasteiger partial charge < -0.3 is 9.64 Å². The number of aliphatic imine (C=N–C) groups is 1. The van der Waals surface area contributed by atoms with E-state index in [4.69, 9.17) is 14.8 Å². The number of fused-ring (bicyclic) bond motifs is 4. The zero-order valence-corrected chi connectivity index (χ0v) is 21.7. The van der Waals surface area contributed by atoms with Crippen LogP contribution in [0.15, 0.2) is 114 Å². The summed E-state index contributed by atoms with van der Waals surface area (Å²) in [5.74, 6) is 1.49. The summed E-state index contributed by atoms with van der Waals surface area (Å²) < 4.78 is 34.1. The predicted octanol–water partition coefficient (Wildman–Crippen LogP) is 7.40. The van der Waals surface area contributed by atoms with E-state index in [1.807, 2.05) is 90.5 Å². The maximum absolute atomic E-state index is 13.6. The van der Waals surface area contributed by atoms with E-state index in [0.29, 0.717) is 23.9 Å². The molecule has 0 saturated heterocycles. The van der Waals surface area contributed by atoms with Crippen molar-refractivity contribution in [3.63, 3.8) is 0 Å². The molecule has 3 heterocycles. The Kier molecular flexibility index (Phi) is 5.81. The highest BCUT2D eigenvalue weighted by Crippen LogP contribution is 2.52. The lowest BCUT2D eigenvalue weighted by molar-refractivity contribution is -0.0505. The summed E-state index contributed by atoms with van der Waals surface area (Å²) in [5.41, 5.74) is 6.13. The second-order valence-corrected chi connectivity index (χ2v) is 9.73. The highest BCUT2D eigenvalue weighted by atomic mass is 19.3. The molecule has 0 radical (unpaired) electrons. The van der Waals surface area contributed by atoms with Gasteiger partial charge in [-0.15, -0.1) is 0 Å². The topological polar surface area (TPSA) is 45.9 Å². The molecule has 0 bridgehead atoms. The van der Waals surface area contributed by atoms with Gasteiger partial charge in [0.25, 0.3) is 0 Å². The maximum Gasteiger partial charge on any atom is 0.387 e. The number of alkyl halides is 2. The fraction of sp³-hybridized carbons (Fsp3) is 0.125. The smallest absolute Gasteiger partial charge is 0.387 e. The van der Waals surface area contributed by atoms with Crippen molar-refractivity contribution >= 4 is 23.2 Å². The average molecular weight is 534 g/mol. The van der Waals surface area contributed by atoms with E-state index in [1.54, 1.807) is 12.1 Å². The van der Waals surface area contributed by atoms with Crippen LogP contribution in [-0.2, 0) is 6.54 Å². The summed E-state index contributed by atoms with van der Waals surface area (Å²) in [4.78, 5) is 9.54. The van der Waals surface area contributed by atoms with Crippen LogP contribution in [0.25, 0.3) is 5.69 Å². The zero-order chi connectivity index (χ0) is 27.2. The molecule has 2 aliphatic heterocycles. The van der Waals surface area contributed by atoms with Crippen molar-refractivity contribution in [2.75, 3.05) is 9.80 Å². The number of halogens is 2. The maximum atomic E-state index is 13.6. The molecule has 0 amide bonds. The molecular weight excluding hydrogens is 508 g/mol. The first-order chi connectivity index (χ1) is 19.6. The van der Waals surface area contributed by atoms with Gasteiger partial charge in [0.15, 0.2) is 5.82 Å². The third-order valence-corrected chi connectivity index (χ3v) is 7.32. The van der Waals surface area contributed by atoms with Crippen LogP contribution in [0.5, 0.6) is 5.75 Å². The minimum atomic E-state index is -2.95. The van der Waals surface area contributed by atoms with Crippen LogP contribution in [-0.4, -0.2) is 22.4 Å². The quantitative estimate of drug-likeness (QED) is 0.228. The number of guanidine groups is 1. The van der Waals surface area contributed by atoms with Gasteiger partial charge in [-0.05, 0) is 42.8 Å². The van der Waals surface area contributed by atoms with Gasteiger partial charge in [0.05, 0.1) is 35.3 Å². The molecule has 0 spiro atoms. The van der Waals surface area contributed by atoms with E-state index in [-0.39, 0.29) is 5.75 Å². The van der Waals surface area contributed by atoms with Crippen LogP contribution < -0.4 is 14.5 Å². The molecule has 4 aromatic carbocycles. The van der Waals surface area contributed by atoms with Crippen molar-refractivity contribution in [1.82, 2.24) is 9.78 Å². The van der Waals surface area contributed by atoms with Gasteiger partial charge in [0, 0.05) is 11.1 Å². The Morgan fingerprint density at radius 2 is 1.45 bits per heavy atom. The Labute approximate surface area is 230 Å². The highest BCUT2D eigenvalue weighted by Gasteiger charge is 2.45. The van der Waals surface area contributed by atoms with Crippen LogP contribution >= 0.6 is 0 Å². The number of anilines is 2. The molecular formula is C32H25F2N5O. The lowest BCUT2D eigenvalue weighted by atomic mass is 9.94. The summed E-state index contributed by atoms with van der Waals surface area (Å²) in [6.07, 6.45) is 0. The lowest BCUT2D eigenvalue weighted by Gasteiger charge is -2.35. The van der Waals surface area contributed by atoms with Crippen molar-refractivity contribution in [1.29, 1.82) is 0 Å². The number of hydrogen-bond acceptors (Lipinski definition) is 5. The van der Waals surface area contributed by atoms with Gasteiger partial charge in [-0.25, -0.2) is 4.68 Å². The van der Waals surface area contributed by atoms with E-state index in [1.165, 1.54) is 0 Å². The highest BCUT2D eigenvalue weighted by molar-refractivity contribution is 6.18. The van der Waals surface area contributed by atoms with Crippen molar-refractivity contribution < 1.29 is 13.5 Å². The number of aryl methyl sites for hydroxylation is 1. The molecule has 1 aromatic heterocycles. The largest absolute Gasteiger partial charge is 0.434 e. The molecule has 5 aromatic rings. The first kappa shape index (κ1) is 24.1. The van der Waals surface area contributed by atoms with Crippen LogP contribution in [0.2, 0.25) is 0 Å². The van der Waals surface area contributed by atoms with E-state index in [0.717, 1.165) is 33.9 Å². The lowest BCUT2D eigenvalue weighted by Crippen LogP contribution is -2.43. The van der Waals surface area contributed by atoms with Gasteiger partial charge >= 0.3 is 6.61 Å². The van der Waals surface area contributed by atoms with Crippen LogP contribution in [0.4, 0.5) is 26.0 Å². The minimum Gasteiger partial charge on any atom is -0.434 e. The van der Waals surface area contributed by atoms with Gasteiger partial charge in [-0.1, -0.05) is 78.9 Å². The Hall–Kier alpha value is -4.98. The number of hydrogen-bond donors (Lipinski definition) is 0. The number of benzene rings is 4. The van der Waals surface area contributed by atoms with Gasteiger partial charge in [0.1, 0.15) is 5.75 Å². The molecule has 1 atom stereocenters. The standard InChI is InChI=1S/C32H25F2N5O/c1-21-28-29(24-16-8-11-19-27(24)40-31(33)34)38-26-18-10-9-17-25(26)37(20-22-12-4-2-5-13-22)32(38)35-30(28)39(36-21)23-14-6-3-7-15-23/h2-19,29,31H,20H2,1H3. The number of rotatable bonds is 6. The van der Waals surface area contributed by atoms with Crippen molar-refractivity contribution in [2.24, 2.45) is 4.99 Å². The zero-order valence-electron chi connectivity index (χ0n) is 21.7. The van der Waals surface area contributed by atoms with Crippen molar-refractivity contribution in [2.45, 2.75) is 26.1 Å². The van der Waals surface area contributed by atoms with E-state index in [2.05, 4.69) is 28.0 Å². The second-order valence-electron chi connectivity index (χ2n) is 9.73. The number of ether oxygens (including phenoxy) is 1. The SMILES string of the molecule is Cc1nn(-c2ccccc2)c2c1C(c1ccccc1OC(F)F)N1C(=N2)N(Cc2ccccc2)c2ccccc21. The number of aromatic nitrogens is 2. The van der Waals surface area contributed by atoms with E-state index >= 15 is 0 Å². The molecule has 198 valence electrons. The molecule has 0 N–H and O–H groups in total. The first-order valence-corrected chi connectivity index (χ1v) is 13.1. The van der Waals surface area contributed by atoms with Crippen molar-refractivity contribution in [3.8, 4) is 11.4 Å². The summed E-state index contributed by atoms with van der Waals surface area (Å²) in [6, 6.07) is 34.6. The Morgan fingerprint density at radius 1 is 0.800 bits per heavy atom. The molecule has 0 aliphatic carbocycles. The molecule has 1 unspecified atom stereocenters. The molecule has 8 heteroatoms. The minimum absolute atomic E-state index is 0.126.